The van der Waals surface area contributed by atoms with Crippen LogP contribution in [-0.2, 0) is 4.79 Å². The van der Waals surface area contributed by atoms with Gasteiger partial charge in [0.05, 0.1) is 16.6 Å². The number of nitrogens with two attached hydrogens (primary N) is 1. The molecule has 0 spiro atoms. The van der Waals surface area contributed by atoms with Gasteiger partial charge in [-0.05, 0) is 37.6 Å². The van der Waals surface area contributed by atoms with Crippen LogP contribution in [0.4, 0.5) is 5.69 Å². The minimum atomic E-state index is -0.858. The van der Waals surface area contributed by atoms with Crippen molar-refractivity contribution < 1.29 is 9.59 Å². The highest BCUT2D eigenvalue weighted by Gasteiger charge is 2.22. The third-order valence-corrected chi connectivity index (χ3v) is 5.68. The van der Waals surface area contributed by atoms with E-state index in [1.807, 2.05) is 0 Å². The minimum absolute atomic E-state index is 0.276. The molecule has 0 aliphatic rings. The number of fused-ring (bicyclic) bond motifs is 1. The Bertz CT molecular complexity index is 1120. The minimum Gasteiger partial charge on any atom is -0.365 e. The van der Waals surface area contributed by atoms with Crippen LogP contribution in [0.3, 0.4) is 0 Å². The topological polar surface area (TPSA) is 107 Å². The van der Waals surface area contributed by atoms with E-state index in [1.165, 1.54) is 10.9 Å². The van der Waals surface area contributed by atoms with Crippen LogP contribution in [0.15, 0.2) is 29.3 Å². The maximum absolute atomic E-state index is 12.8. The first-order valence-electron chi connectivity index (χ1n) is 7.76. The van der Waals surface area contributed by atoms with Gasteiger partial charge in [-0.2, -0.15) is 0 Å². The molecule has 0 aliphatic heterocycles. The lowest BCUT2D eigenvalue weighted by molar-refractivity contribution is -0.118. The smallest absolute Gasteiger partial charge is 0.263 e. The van der Waals surface area contributed by atoms with Gasteiger partial charge in [0.15, 0.2) is 0 Å². The third-order valence-electron chi connectivity index (χ3n) is 4.03. The van der Waals surface area contributed by atoms with Gasteiger partial charge in [-0.25, -0.2) is 4.98 Å². The maximum atomic E-state index is 12.8. The van der Waals surface area contributed by atoms with Crippen LogP contribution >= 0.6 is 34.5 Å². The highest BCUT2D eigenvalue weighted by molar-refractivity contribution is 7.20. The Morgan fingerprint density at radius 1 is 1.26 bits per heavy atom. The van der Waals surface area contributed by atoms with Gasteiger partial charge < -0.3 is 11.1 Å². The monoisotopic (exact) mass is 424 g/mol. The van der Waals surface area contributed by atoms with E-state index in [2.05, 4.69) is 10.3 Å². The zero-order valence-corrected chi connectivity index (χ0v) is 16.6. The van der Waals surface area contributed by atoms with Crippen LogP contribution in [0.2, 0.25) is 10.0 Å². The molecule has 0 fully saturated rings. The molecule has 1 aromatic carbocycles. The summed E-state index contributed by atoms with van der Waals surface area (Å²) in [4.78, 5) is 41.8. The molecule has 2 heterocycles. The molecule has 3 N–H and O–H groups in total. The van der Waals surface area contributed by atoms with Gasteiger partial charge in [-0.3, -0.25) is 19.0 Å². The highest BCUT2D eigenvalue weighted by atomic mass is 35.5. The number of carbonyl (C=O) groups excluding carboxylic acids is 2. The van der Waals surface area contributed by atoms with Crippen LogP contribution in [0.25, 0.3) is 10.2 Å². The Morgan fingerprint density at radius 2 is 1.89 bits per heavy atom. The largest absolute Gasteiger partial charge is 0.365 e. The molecule has 0 unspecified atom stereocenters. The molecule has 2 amide bonds. The number of primary amides is 1. The summed E-state index contributed by atoms with van der Waals surface area (Å²) in [6.07, 6.45) is 1.28. The Balaban J connectivity index is 1.97. The normalized spacial score (nSPS) is 12.1. The highest BCUT2D eigenvalue weighted by Crippen LogP contribution is 2.27. The van der Waals surface area contributed by atoms with E-state index < -0.39 is 23.4 Å². The Morgan fingerprint density at radius 3 is 2.48 bits per heavy atom. The number of nitrogens with zero attached hydrogens (tertiary/aromatic N) is 2. The van der Waals surface area contributed by atoms with Crippen LogP contribution in [0.1, 0.15) is 28.2 Å². The van der Waals surface area contributed by atoms with Crippen LogP contribution < -0.4 is 16.6 Å². The second-order valence-electron chi connectivity index (χ2n) is 5.88. The molecule has 0 saturated carbocycles. The zero-order valence-electron chi connectivity index (χ0n) is 14.2. The summed E-state index contributed by atoms with van der Waals surface area (Å²) < 4.78 is 1.20. The standard InChI is InChI=1S/C17H14Cl2N4O3S/c1-7-12-16(27-13(7)14(20)24)21-6-23(17(12)26)8(2)15(25)22-11-4-9(18)3-10(19)5-11/h3-6,8H,1-2H3,(H2,20,24)(H,22,25)/t8-/m0/s1. The van der Waals surface area contributed by atoms with Crippen molar-refractivity contribution in [3.63, 3.8) is 0 Å². The molecular formula is C17H14Cl2N4O3S. The summed E-state index contributed by atoms with van der Waals surface area (Å²) in [5.41, 5.74) is 5.78. The molecule has 27 heavy (non-hydrogen) atoms. The van der Waals surface area contributed by atoms with Crippen LogP contribution in [-0.4, -0.2) is 21.4 Å². The van der Waals surface area contributed by atoms with Gasteiger partial charge in [0.25, 0.3) is 11.5 Å². The fourth-order valence-electron chi connectivity index (χ4n) is 2.65. The molecule has 10 heteroatoms. The molecule has 0 radical (unpaired) electrons. The number of aromatic nitrogens is 2. The van der Waals surface area contributed by atoms with Crippen molar-refractivity contribution in [1.29, 1.82) is 0 Å². The number of rotatable bonds is 4. The number of halogens is 2. The number of hydrogen-bond donors (Lipinski definition) is 2. The van der Waals surface area contributed by atoms with Gasteiger partial charge in [0.1, 0.15) is 10.9 Å². The summed E-state index contributed by atoms with van der Waals surface area (Å²) in [6.45, 7) is 3.19. The number of carbonyl (C=O) groups is 2. The predicted molar refractivity (Wildman–Crippen MR) is 107 cm³/mol. The SMILES string of the molecule is Cc1c(C(N)=O)sc2ncn([C@@H](C)C(=O)Nc3cc(Cl)cc(Cl)c3)c(=O)c12. The summed E-state index contributed by atoms with van der Waals surface area (Å²) in [7, 11) is 0. The van der Waals surface area contributed by atoms with Gasteiger partial charge >= 0.3 is 0 Å². The van der Waals surface area contributed by atoms with Gasteiger partial charge in [0, 0.05) is 15.7 Å². The van der Waals surface area contributed by atoms with Crippen molar-refractivity contribution in [2.24, 2.45) is 5.73 Å². The van der Waals surface area contributed by atoms with Gasteiger partial charge in [-0.15, -0.1) is 11.3 Å². The molecule has 0 saturated heterocycles. The van der Waals surface area contributed by atoms with Crippen molar-refractivity contribution >= 4 is 62.3 Å². The fourth-order valence-corrected chi connectivity index (χ4v) is 4.16. The van der Waals surface area contributed by atoms with Crippen LogP contribution in [0.5, 0.6) is 0 Å². The number of thiophene rings is 1. The number of amides is 2. The third kappa shape index (κ3) is 3.69. The molecule has 7 nitrogen and oxygen atoms in total. The molecule has 3 aromatic rings. The van der Waals surface area contributed by atoms with Crippen molar-refractivity contribution in [2.45, 2.75) is 19.9 Å². The lowest BCUT2D eigenvalue weighted by Gasteiger charge is -2.15. The number of hydrogen-bond acceptors (Lipinski definition) is 5. The summed E-state index contributed by atoms with van der Waals surface area (Å²) in [5.74, 6) is -1.07. The fraction of sp³-hybridized carbons (Fsp3) is 0.176. The van der Waals surface area contributed by atoms with E-state index in [-0.39, 0.29) is 10.3 Å². The lowest BCUT2D eigenvalue weighted by atomic mass is 10.2. The molecule has 1 atom stereocenters. The van der Waals surface area contributed by atoms with E-state index in [0.717, 1.165) is 11.3 Å². The quantitative estimate of drug-likeness (QED) is 0.668. The number of aryl methyl sites for hydroxylation is 1. The predicted octanol–water partition coefficient (Wildman–Crippen LogP) is 3.37. The van der Waals surface area contributed by atoms with E-state index in [0.29, 0.717) is 26.1 Å². The first kappa shape index (κ1) is 19.3. The average molecular weight is 425 g/mol. The number of nitrogens with one attached hydrogen (secondary N) is 1. The van der Waals surface area contributed by atoms with Crippen molar-refractivity contribution in [2.75, 3.05) is 5.32 Å². The molecule has 3 rings (SSSR count). The van der Waals surface area contributed by atoms with E-state index in [9.17, 15) is 14.4 Å². The average Bonchev–Trinajstić information content (AvgIpc) is 2.91. The zero-order chi connectivity index (χ0) is 19.9. The molecular weight excluding hydrogens is 411 g/mol. The summed E-state index contributed by atoms with van der Waals surface area (Å²) in [5, 5.41) is 3.70. The Labute approximate surface area is 167 Å². The second-order valence-corrected chi connectivity index (χ2v) is 7.75. The van der Waals surface area contributed by atoms with Gasteiger partial charge in [0.2, 0.25) is 5.91 Å². The molecule has 140 valence electrons. The van der Waals surface area contributed by atoms with Crippen molar-refractivity contribution in [1.82, 2.24) is 9.55 Å². The maximum Gasteiger partial charge on any atom is 0.263 e. The van der Waals surface area contributed by atoms with Crippen LogP contribution in [0, 0.1) is 6.92 Å². The lowest BCUT2D eigenvalue weighted by Crippen LogP contribution is -2.31. The summed E-state index contributed by atoms with van der Waals surface area (Å²) >= 11 is 12.9. The number of anilines is 1. The Hall–Kier alpha value is -2.42. The van der Waals surface area contributed by atoms with Gasteiger partial charge in [-0.1, -0.05) is 23.2 Å². The first-order chi connectivity index (χ1) is 12.7. The molecule has 0 aliphatic carbocycles. The Kier molecular flexibility index (Phi) is 5.23. The first-order valence-corrected chi connectivity index (χ1v) is 9.33. The number of benzene rings is 1. The second kappa shape index (κ2) is 7.30. The molecule has 2 aromatic heterocycles. The van der Waals surface area contributed by atoms with E-state index in [4.69, 9.17) is 28.9 Å². The molecule has 0 bridgehead atoms. The van der Waals surface area contributed by atoms with Crippen molar-refractivity contribution in [3.8, 4) is 0 Å². The summed E-state index contributed by atoms with van der Waals surface area (Å²) in [6, 6.07) is 3.78. The van der Waals surface area contributed by atoms with E-state index in [1.54, 1.807) is 32.0 Å². The van der Waals surface area contributed by atoms with Crippen molar-refractivity contribution in [3.05, 3.63) is 55.4 Å². The van der Waals surface area contributed by atoms with E-state index >= 15 is 0 Å².